The Kier molecular flexibility index (Phi) is 3.09. The molecule has 5 heteroatoms. The van der Waals surface area contributed by atoms with Crippen LogP contribution < -0.4 is 4.90 Å². The van der Waals surface area contributed by atoms with E-state index in [-0.39, 0.29) is 24.0 Å². The summed E-state index contributed by atoms with van der Waals surface area (Å²) in [4.78, 5) is 27.9. The molecule has 0 spiro atoms. The number of para-hydroxylation sites is 1. The van der Waals surface area contributed by atoms with E-state index in [9.17, 15) is 9.59 Å². The normalized spacial score (nSPS) is 24.0. The Bertz CT molecular complexity index is 542. The Morgan fingerprint density at radius 3 is 2.47 bits per heavy atom. The molecule has 3 amide bonds. The molecule has 1 saturated carbocycles. The van der Waals surface area contributed by atoms with Crippen molar-refractivity contribution in [2.24, 2.45) is 0 Å². The maximum Gasteiger partial charge on any atom is 0.332 e. The van der Waals surface area contributed by atoms with Gasteiger partial charge in [0.2, 0.25) is 0 Å². The number of nitrogens with zero attached hydrogens (tertiary/aromatic N) is 2. The van der Waals surface area contributed by atoms with Crippen molar-refractivity contribution in [3.8, 4) is 0 Å². The summed E-state index contributed by atoms with van der Waals surface area (Å²) in [6.07, 6.45) is 3.16. The van der Waals surface area contributed by atoms with Crippen molar-refractivity contribution in [1.82, 2.24) is 4.90 Å². The highest BCUT2D eigenvalue weighted by Gasteiger charge is 2.47. The summed E-state index contributed by atoms with van der Waals surface area (Å²) < 4.78 is 0.763. The number of benzene rings is 1. The van der Waals surface area contributed by atoms with Crippen molar-refractivity contribution >= 4 is 33.6 Å². The number of hydrogen-bond acceptors (Lipinski definition) is 2. The molecular weight excluding hydrogens is 308 g/mol. The molecule has 0 N–H and O–H groups in total. The van der Waals surface area contributed by atoms with Gasteiger partial charge in [0.05, 0.1) is 5.69 Å². The van der Waals surface area contributed by atoms with E-state index < -0.39 is 0 Å². The fourth-order valence-corrected chi connectivity index (χ4v) is 3.14. The van der Waals surface area contributed by atoms with Crippen molar-refractivity contribution in [2.45, 2.75) is 38.3 Å². The van der Waals surface area contributed by atoms with E-state index in [4.69, 9.17) is 0 Å². The molecule has 1 saturated heterocycles. The van der Waals surface area contributed by atoms with Gasteiger partial charge in [0.1, 0.15) is 6.04 Å². The van der Waals surface area contributed by atoms with Crippen molar-refractivity contribution in [3.63, 3.8) is 0 Å². The zero-order valence-electron chi connectivity index (χ0n) is 10.7. The molecule has 0 bridgehead atoms. The van der Waals surface area contributed by atoms with Crippen LogP contribution in [0.25, 0.3) is 0 Å². The summed E-state index contributed by atoms with van der Waals surface area (Å²) in [6, 6.07) is 7.02. The van der Waals surface area contributed by atoms with Gasteiger partial charge >= 0.3 is 6.03 Å². The van der Waals surface area contributed by atoms with Gasteiger partial charge in [-0.15, -0.1) is 0 Å². The van der Waals surface area contributed by atoms with Crippen LogP contribution in [0, 0.1) is 0 Å². The average molecular weight is 323 g/mol. The average Bonchev–Trinajstić information content (AvgIpc) is 2.53. The van der Waals surface area contributed by atoms with Gasteiger partial charge in [-0.05, 0) is 54.2 Å². The molecule has 2 fully saturated rings. The maximum atomic E-state index is 12.5. The van der Waals surface area contributed by atoms with E-state index in [2.05, 4.69) is 15.9 Å². The van der Waals surface area contributed by atoms with Crippen LogP contribution in [-0.2, 0) is 4.79 Å². The Morgan fingerprint density at radius 1 is 1.21 bits per heavy atom. The highest BCUT2D eigenvalue weighted by atomic mass is 79.9. The number of halogens is 1. The second kappa shape index (κ2) is 4.63. The molecule has 0 unspecified atom stereocenters. The van der Waals surface area contributed by atoms with Crippen LogP contribution >= 0.6 is 15.9 Å². The minimum Gasteiger partial charge on any atom is -0.309 e. The van der Waals surface area contributed by atoms with Gasteiger partial charge in [0, 0.05) is 10.5 Å². The minimum absolute atomic E-state index is 0.135. The molecule has 4 nitrogen and oxygen atoms in total. The first-order valence-electron chi connectivity index (χ1n) is 6.52. The second-order valence-corrected chi connectivity index (χ2v) is 5.93. The van der Waals surface area contributed by atoms with Crippen LogP contribution in [0.2, 0.25) is 0 Å². The molecule has 19 heavy (non-hydrogen) atoms. The zero-order valence-corrected chi connectivity index (χ0v) is 12.3. The molecule has 1 aromatic carbocycles. The molecule has 0 radical (unpaired) electrons. The van der Waals surface area contributed by atoms with Gasteiger partial charge in [-0.25, -0.2) is 9.69 Å². The van der Waals surface area contributed by atoms with Crippen molar-refractivity contribution in [2.75, 3.05) is 4.90 Å². The van der Waals surface area contributed by atoms with Crippen LogP contribution in [0.3, 0.4) is 0 Å². The Hall–Kier alpha value is -1.36. The number of anilines is 1. The molecule has 1 aromatic rings. The third-order valence-electron chi connectivity index (χ3n) is 3.97. The van der Waals surface area contributed by atoms with E-state index in [0.29, 0.717) is 5.69 Å². The number of carbonyl (C=O) groups is 2. The number of carbonyl (C=O) groups excluding carboxylic acids is 2. The molecule has 0 aromatic heterocycles. The topological polar surface area (TPSA) is 40.6 Å². The Labute approximate surface area is 120 Å². The molecule has 1 atom stereocenters. The molecule has 1 aliphatic heterocycles. The van der Waals surface area contributed by atoms with Gasteiger partial charge in [0.25, 0.3) is 5.91 Å². The van der Waals surface area contributed by atoms with E-state index >= 15 is 0 Å². The smallest absolute Gasteiger partial charge is 0.309 e. The highest BCUT2D eigenvalue weighted by Crippen LogP contribution is 2.36. The van der Waals surface area contributed by atoms with E-state index in [1.165, 1.54) is 4.90 Å². The quantitative estimate of drug-likeness (QED) is 0.785. The first kappa shape index (κ1) is 12.7. The van der Waals surface area contributed by atoms with Gasteiger partial charge in [-0.2, -0.15) is 0 Å². The summed E-state index contributed by atoms with van der Waals surface area (Å²) >= 11 is 3.40. The fourth-order valence-electron chi connectivity index (χ4n) is 2.67. The Morgan fingerprint density at radius 2 is 1.89 bits per heavy atom. The molecule has 1 aliphatic carbocycles. The van der Waals surface area contributed by atoms with Crippen LogP contribution in [0.1, 0.15) is 26.2 Å². The van der Waals surface area contributed by atoms with Crippen LogP contribution in [-0.4, -0.2) is 28.9 Å². The Balaban J connectivity index is 1.96. The van der Waals surface area contributed by atoms with Crippen LogP contribution in [0.15, 0.2) is 28.7 Å². The number of urea groups is 1. The SMILES string of the molecule is C[C@@H]1C(=O)N(c2ccccc2Br)C(=O)N1C1CCC1. The molecule has 1 heterocycles. The standard InChI is InChI=1S/C14H15BrN2O2/c1-9-13(18)17(12-8-3-2-7-11(12)15)14(19)16(9)10-5-4-6-10/h2-3,7-10H,4-6H2,1H3/t9-/m1/s1. The highest BCUT2D eigenvalue weighted by molar-refractivity contribution is 9.10. The van der Waals surface area contributed by atoms with Crippen LogP contribution in [0.4, 0.5) is 10.5 Å². The predicted octanol–water partition coefficient (Wildman–Crippen LogP) is 3.16. The van der Waals surface area contributed by atoms with Crippen molar-refractivity contribution in [1.29, 1.82) is 0 Å². The molecular formula is C14H15BrN2O2. The third-order valence-corrected chi connectivity index (χ3v) is 4.64. The lowest BCUT2D eigenvalue weighted by Gasteiger charge is -2.35. The monoisotopic (exact) mass is 322 g/mol. The lowest BCUT2D eigenvalue weighted by Crippen LogP contribution is -2.45. The largest absolute Gasteiger partial charge is 0.332 e. The summed E-state index contributed by atoms with van der Waals surface area (Å²) in [5.74, 6) is -0.135. The van der Waals surface area contributed by atoms with Gasteiger partial charge in [-0.1, -0.05) is 12.1 Å². The van der Waals surface area contributed by atoms with E-state index in [0.717, 1.165) is 23.7 Å². The van der Waals surface area contributed by atoms with Gasteiger partial charge in [0.15, 0.2) is 0 Å². The first-order chi connectivity index (χ1) is 9.11. The first-order valence-corrected chi connectivity index (χ1v) is 7.31. The van der Waals surface area contributed by atoms with E-state index in [1.807, 2.05) is 25.1 Å². The zero-order chi connectivity index (χ0) is 13.6. The third kappa shape index (κ3) is 1.87. The maximum absolute atomic E-state index is 12.5. The summed E-state index contributed by atoms with van der Waals surface area (Å²) in [5, 5.41) is 0. The summed E-state index contributed by atoms with van der Waals surface area (Å²) in [7, 11) is 0. The van der Waals surface area contributed by atoms with E-state index in [1.54, 1.807) is 11.0 Å². The van der Waals surface area contributed by atoms with Crippen LogP contribution in [0.5, 0.6) is 0 Å². The lowest BCUT2D eigenvalue weighted by molar-refractivity contribution is -0.119. The molecule has 100 valence electrons. The number of imide groups is 1. The number of rotatable bonds is 2. The summed E-state index contributed by atoms with van der Waals surface area (Å²) in [6.45, 7) is 1.81. The minimum atomic E-state index is -0.357. The second-order valence-electron chi connectivity index (χ2n) is 5.08. The van der Waals surface area contributed by atoms with Gasteiger partial charge < -0.3 is 4.90 Å². The molecule has 2 aliphatic rings. The fraction of sp³-hybridized carbons (Fsp3) is 0.429. The predicted molar refractivity (Wildman–Crippen MR) is 76.0 cm³/mol. The number of amides is 3. The van der Waals surface area contributed by atoms with Gasteiger partial charge in [-0.3, -0.25) is 4.79 Å². The lowest BCUT2D eigenvalue weighted by atomic mass is 9.91. The van der Waals surface area contributed by atoms with Crippen molar-refractivity contribution in [3.05, 3.63) is 28.7 Å². The van der Waals surface area contributed by atoms with Crippen molar-refractivity contribution < 1.29 is 9.59 Å². The number of hydrogen-bond donors (Lipinski definition) is 0. The molecule has 3 rings (SSSR count). The summed E-state index contributed by atoms with van der Waals surface area (Å²) in [5.41, 5.74) is 0.631.